The molecule has 0 saturated heterocycles. The minimum atomic E-state index is -0.473. The largest absolute Gasteiger partial charge is 0.488 e. The highest BCUT2D eigenvalue weighted by Crippen LogP contribution is 2.25. The lowest BCUT2D eigenvalue weighted by molar-refractivity contribution is 0.0955. The van der Waals surface area contributed by atoms with E-state index in [1.165, 1.54) is 30.5 Å². The lowest BCUT2D eigenvalue weighted by atomic mass is 10.2. The van der Waals surface area contributed by atoms with Crippen LogP contribution in [-0.2, 0) is 6.61 Å². The number of nitrogens with zero attached hydrogens (tertiary/aromatic N) is 1. The van der Waals surface area contributed by atoms with Gasteiger partial charge in [0, 0.05) is 31.8 Å². The highest BCUT2D eigenvalue weighted by molar-refractivity contribution is 6.35. The zero-order valence-corrected chi connectivity index (χ0v) is 17.1. The Morgan fingerprint density at radius 3 is 2.41 bits per heavy atom. The van der Waals surface area contributed by atoms with E-state index in [9.17, 15) is 9.18 Å². The van der Waals surface area contributed by atoms with E-state index >= 15 is 0 Å². The SMILES string of the molecule is O=C(N/N=C\c1cc(Cl)ccc1OCc1ccc(Cl)cc1Cl)c1ccc(F)cc1. The quantitative estimate of drug-likeness (QED) is 0.362. The number of hydrogen-bond donors (Lipinski definition) is 1. The van der Waals surface area contributed by atoms with Gasteiger partial charge in [-0.1, -0.05) is 40.9 Å². The first kappa shape index (κ1) is 21.1. The van der Waals surface area contributed by atoms with Crippen LogP contribution in [0.5, 0.6) is 5.75 Å². The molecular formula is C21H14Cl3FN2O2. The number of halogens is 4. The van der Waals surface area contributed by atoms with E-state index in [4.69, 9.17) is 39.5 Å². The van der Waals surface area contributed by atoms with E-state index in [0.29, 0.717) is 26.4 Å². The van der Waals surface area contributed by atoms with Gasteiger partial charge in [0.05, 0.1) is 6.21 Å². The minimum Gasteiger partial charge on any atom is -0.488 e. The molecule has 0 saturated carbocycles. The third-order valence-electron chi connectivity index (χ3n) is 3.85. The lowest BCUT2D eigenvalue weighted by Crippen LogP contribution is -2.17. The van der Waals surface area contributed by atoms with Crippen molar-refractivity contribution in [3.8, 4) is 5.75 Å². The molecule has 0 unspecified atom stereocenters. The fourth-order valence-corrected chi connectivity index (χ4v) is 3.02. The summed E-state index contributed by atoms with van der Waals surface area (Å²) in [5.74, 6) is -0.398. The van der Waals surface area contributed by atoms with Gasteiger partial charge in [-0.25, -0.2) is 9.82 Å². The zero-order chi connectivity index (χ0) is 20.8. The first-order valence-corrected chi connectivity index (χ1v) is 9.51. The third-order valence-corrected chi connectivity index (χ3v) is 4.67. The van der Waals surface area contributed by atoms with Crippen LogP contribution in [0.25, 0.3) is 0 Å². The van der Waals surface area contributed by atoms with E-state index < -0.39 is 11.7 Å². The summed E-state index contributed by atoms with van der Waals surface area (Å²) in [4.78, 5) is 12.0. The fraction of sp³-hybridized carbons (Fsp3) is 0.0476. The van der Waals surface area contributed by atoms with Gasteiger partial charge in [0.2, 0.25) is 0 Å². The first-order chi connectivity index (χ1) is 13.9. The summed E-state index contributed by atoms with van der Waals surface area (Å²) in [6.07, 6.45) is 1.41. The number of rotatable bonds is 6. The smallest absolute Gasteiger partial charge is 0.271 e. The van der Waals surface area contributed by atoms with Gasteiger partial charge in [-0.15, -0.1) is 0 Å². The Labute approximate surface area is 181 Å². The van der Waals surface area contributed by atoms with Crippen molar-refractivity contribution in [1.82, 2.24) is 5.43 Å². The number of nitrogens with one attached hydrogen (secondary N) is 1. The van der Waals surface area contributed by atoms with Gasteiger partial charge >= 0.3 is 0 Å². The average Bonchev–Trinajstić information content (AvgIpc) is 2.69. The number of hydrazone groups is 1. The zero-order valence-electron chi connectivity index (χ0n) is 14.8. The molecule has 29 heavy (non-hydrogen) atoms. The number of carbonyl (C=O) groups excluding carboxylic acids is 1. The van der Waals surface area contributed by atoms with Gasteiger partial charge in [0.25, 0.3) is 5.91 Å². The molecule has 3 rings (SSSR count). The molecule has 0 atom stereocenters. The fourth-order valence-electron chi connectivity index (χ4n) is 2.37. The summed E-state index contributed by atoms with van der Waals surface area (Å²) in [6.45, 7) is 0.209. The molecule has 0 aromatic heterocycles. The molecule has 0 aliphatic rings. The van der Waals surface area contributed by atoms with E-state index in [0.717, 1.165) is 5.56 Å². The van der Waals surface area contributed by atoms with E-state index in [-0.39, 0.29) is 12.2 Å². The van der Waals surface area contributed by atoms with E-state index in [1.54, 1.807) is 36.4 Å². The number of amides is 1. The molecule has 0 spiro atoms. The Morgan fingerprint density at radius 1 is 1.00 bits per heavy atom. The summed E-state index contributed by atoms with van der Waals surface area (Å²) in [7, 11) is 0. The Kier molecular flexibility index (Phi) is 7.09. The number of hydrogen-bond acceptors (Lipinski definition) is 3. The predicted octanol–water partition coefficient (Wildman–Crippen LogP) is 6.13. The Hall–Kier alpha value is -2.60. The van der Waals surface area contributed by atoms with Crippen LogP contribution < -0.4 is 10.2 Å². The van der Waals surface area contributed by atoms with Gasteiger partial charge in [-0.05, 0) is 54.6 Å². The normalized spacial score (nSPS) is 10.9. The van der Waals surface area contributed by atoms with Crippen molar-refractivity contribution in [2.24, 2.45) is 5.10 Å². The molecule has 0 fully saturated rings. The summed E-state index contributed by atoms with van der Waals surface area (Å²) in [5.41, 5.74) is 3.98. The van der Waals surface area contributed by atoms with Gasteiger partial charge in [-0.2, -0.15) is 5.10 Å². The maximum atomic E-state index is 12.9. The molecule has 3 aromatic carbocycles. The number of benzene rings is 3. The molecule has 0 aliphatic heterocycles. The molecule has 0 bridgehead atoms. The average molecular weight is 452 g/mol. The van der Waals surface area contributed by atoms with Crippen LogP contribution in [0.3, 0.4) is 0 Å². The summed E-state index contributed by atoms with van der Waals surface area (Å²) in [5, 5.41) is 5.44. The van der Waals surface area contributed by atoms with Gasteiger partial charge in [-0.3, -0.25) is 4.79 Å². The molecular weight excluding hydrogens is 438 g/mol. The first-order valence-electron chi connectivity index (χ1n) is 8.37. The molecule has 8 heteroatoms. The maximum absolute atomic E-state index is 12.9. The minimum absolute atomic E-state index is 0.209. The monoisotopic (exact) mass is 450 g/mol. The second-order valence-corrected chi connectivity index (χ2v) is 7.19. The molecule has 148 valence electrons. The van der Waals surface area contributed by atoms with Crippen LogP contribution >= 0.6 is 34.8 Å². The van der Waals surface area contributed by atoms with Crippen molar-refractivity contribution >= 4 is 46.9 Å². The number of ether oxygens (including phenoxy) is 1. The van der Waals surface area contributed by atoms with Crippen molar-refractivity contribution in [3.05, 3.63) is 98.2 Å². The van der Waals surface area contributed by atoms with Crippen molar-refractivity contribution in [2.45, 2.75) is 6.61 Å². The molecule has 1 amide bonds. The summed E-state index contributed by atoms with van der Waals surface area (Å²) < 4.78 is 18.8. The van der Waals surface area contributed by atoms with Crippen molar-refractivity contribution in [1.29, 1.82) is 0 Å². The van der Waals surface area contributed by atoms with Crippen molar-refractivity contribution in [2.75, 3.05) is 0 Å². The standard InChI is InChI=1S/C21H14Cl3FN2O2/c22-16-5-8-20(29-12-14-1-4-17(23)10-19(14)24)15(9-16)11-26-27-21(28)13-2-6-18(25)7-3-13/h1-11H,12H2,(H,27,28)/b26-11-. The van der Waals surface area contributed by atoms with E-state index in [2.05, 4.69) is 10.5 Å². The van der Waals surface area contributed by atoms with Crippen LogP contribution in [0.1, 0.15) is 21.5 Å². The summed E-state index contributed by atoms with van der Waals surface area (Å²) >= 11 is 18.1. The maximum Gasteiger partial charge on any atom is 0.271 e. The molecule has 0 heterocycles. The van der Waals surface area contributed by atoms with Crippen LogP contribution in [0.4, 0.5) is 4.39 Å². The Balaban J connectivity index is 1.70. The van der Waals surface area contributed by atoms with Crippen molar-refractivity contribution < 1.29 is 13.9 Å². The highest BCUT2D eigenvalue weighted by Gasteiger charge is 2.08. The Bertz CT molecular complexity index is 1060. The van der Waals surface area contributed by atoms with Crippen LogP contribution in [0, 0.1) is 5.82 Å². The topological polar surface area (TPSA) is 50.7 Å². The number of carbonyl (C=O) groups is 1. The molecule has 0 aliphatic carbocycles. The van der Waals surface area contributed by atoms with Crippen LogP contribution in [-0.4, -0.2) is 12.1 Å². The Morgan fingerprint density at radius 2 is 1.69 bits per heavy atom. The lowest BCUT2D eigenvalue weighted by Gasteiger charge is -2.11. The summed E-state index contributed by atoms with van der Waals surface area (Å²) in [6, 6.07) is 15.3. The molecule has 4 nitrogen and oxygen atoms in total. The predicted molar refractivity (Wildman–Crippen MR) is 114 cm³/mol. The second-order valence-electron chi connectivity index (χ2n) is 5.91. The molecule has 3 aromatic rings. The highest BCUT2D eigenvalue weighted by atomic mass is 35.5. The molecule has 0 radical (unpaired) electrons. The van der Waals surface area contributed by atoms with Gasteiger partial charge in [0.1, 0.15) is 18.2 Å². The third kappa shape index (κ3) is 5.94. The molecule has 1 N–H and O–H groups in total. The van der Waals surface area contributed by atoms with E-state index in [1.807, 2.05) is 0 Å². The van der Waals surface area contributed by atoms with Crippen molar-refractivity contribution in [3.63, 3.8) is 0 Å². The second kappa shape index (κ2) is 9.74. The van der Waals surface area contributed by atoms with Gasteiger partial charge < -0.3 is 4.74 Å². The van der Waals surface area contributed by atoms with Gasteiger partial charge in [0.15, 0.2) is 0 Å². The van der Waals surface area contributed by atoms with Crippen LogP contribution in [0.2, 0.25) is 15.1 Å². The van der Waals surface area contributed by atoms with Crippen LogP contribution in [0.15, 0.2) is 65.8 Å².